The van der Waals surface area contributed by atoms with Crippen molar-refractivity contribution in [1.82, 2.24) is 29.0 Å². The predicted octanol–water partition coefficient (Wildman–Crippen LogP) is 4.97. The molecule has 0 radical (unpaired) electrons. The van der Waals surface area contributed by atoms with Crippen molar-refractivity contribution in [2.75, 3.05) is 25.5 Å². The highest BCUT2D eigenvalue weighted by Crippen LogP contribution is 2.38. The average molecular weight is 583 g/mol. The van der Waals surface area contributed by atoms with Gasteiger partial charge in [-0.15, -0.1) is 0 Å². The number of piperidine rings is 1. The number of halogens is 1. The van der Waals surface area contributed by atoms with E-state index >= 15 is 0 Å². The van der Waals surface area contributed by atoms with Gasteiger partial charge in [-0.25, -0.2) is 14.4 Å². The molecule has 1 aliphatic carbocycles. The van der Waals surface area contributed by atoms with E-state index in [4.69, 9.17) is 20.4 Å². The van der Waals surface area contributed by atoms with Crippen molar-refractivity contribution in [2.45, 2.75) is 44.9 Å². The third-order valence-electron chi connectivity index (χ3n) is 8.40. The van der Waals surface area contributed by atoms with Crippen molar-refractivity contribution < 1.29 is 13.9 Å². The molecule has 222 valence electrons. The standard InChI is InChI=1S/C32H35FN8O2/c1-18-10-24(8-9-35-18)36-28-7-6-20-12-26(41(30(20)38-28)15-19-4-5-19)31-37-25-11-21(13-27(43-3)29(25)39(31)2)32(42)40-16-22(33)14-23(34)17-40/h6-13,19,22-23H,4-5,14-17,34H2,1-3H3,(H,35,36,38)/t22-,23-/m1/s1. The topological polar surface area (TPSA) is 116 Å². The van der Waals surface area contributed by atoms with Crippen LogP contribution in [-0.2, 0) is 13.6 Å². The number of aromatic nitrogens is 5. The van der Waals surface area contributed by atoms with Gasteiger partial charge in [0.25, 0.3) is 5.91 Å². The fourth-order valence-corrected chi connectivity index (χ4v) is 6.14. The number of benzene rings is 1. The first-order valence-corrected chi connectivity index (χ1v) is 14.7. The summed E-state index contributed by atoms with van der Waals surface area (Å²) < 4.78 is 24.3. The van der Waals surface area contributed by atoms with E-state index in [1.54, 1.807) is 25.4 Å². The molecule has 0 bridgehead atoms. The Bertz CT molecular complexity index is 1850. The number of hydrogen-bond donors (Lipinski definition) is 2. The number of nitrogens with one attached hydrogen (secondary N) is 1. The van der Waals surface area contributed by atoms with Crippen molar-refractivity contribution in [3.63, 3.8) is 0 Å². The molecule has 4 aromatic heterocycles. The SMILES string of the molecule is COc1cc(C(=O)N2C[C@H](N)C[C@@H](F)C2)cc2nc(-c3cc4ccc(Nc5ccnc(C)c5)nc4n3CC3CC3)n(C)c12. The lowest BCUT2D eigenvalue weighted by atomic mass is 10.0. The minimum Gasteiger partial charge on any atom is -0.494 e. The maximum atomic E-state index is 14.2. The Labute approximate surface area is 248 Å². The molecule has 1 saturated heterocycles. The quantitative estimate of drug-likeness (QED) is 0.278. The minimum atomic E-state index is -1.13. The van der Waals surface area contributed by atoms with Gasteiger partial charge in [0.1, 0.15) is 28.9 Å². The van der Waals surface area contributed by atoms with Crippen molar-refractivity contribution in [2.24, 2.45) is 18.7 Å². The molecule has 43 heavy (non-hydrogen) atoms. The molecule has 2 atom stereocenters. The third kappa shape index (κ3) is 5.18. The van der Waals surface area contributed by atoms with Crippen LogP contribution in [0.2, 0.25) is 0 Å². The maximum Gasteiger partial charge on any atom is 0.254 e. The number of nitrogens with two attached hydrogens (primary N) is 1. The second-order valence-corrected chi connectivity index (χ2v) is 11.8. The van der Waals surface area contributed by atoms with Crippen LogP contribution >= 0.6 is 0 Å². The van der Waals surface area contributed by atoms with Crippen LogP contribution < -0.4 is 15.8 Å². The first-order chi connectivity index (χ1) is 20.8. The summed E-state index contributed by atoms with van der Waals surface area (Å²) in [6.07, 6.45) is 3.29. The monoisotopic (exact) mass is 582 g/mol. The number of anilines is 2. The summed E-state index contributed by atoms with van der Waals surface area (Å²) in [5.74, 6) is 2.35. The normalized spacial score (nSPS) is 18.9. The molecule has 10 nitrogen and oxygen atoms in total. The number of methoxy groups -OCH3 is 1. The summed E-state index contributed by atoms with van der Waals surface area (Å²) in [5.41, 5.74) is 11.5. The van der Waals surface area contributed by atoms with Gasteiger partial charge in [-0.05, 0) is 74.6 Å². The molecule has 0 unspecified atom stereocenters. The number of likely N-dealkylation sites (tertiary alicyclic amines) is 1. The van der Waals surface area contributed by atoms with E-state index in [-0.39, 0.29) is 24.9 Å². The molecule has 11 heteroatoms. The Morgan fingerprint density at radius 3 is 2.72 bits per heavy atom. The zero-order valence-electron chi connectivity index (χ0n) is 24.5. The van der Waals surface area contributed by atoms with Gasteiger partial charge >= 0.3 is 0 Å². The van der Waals surface area contributed by atoms with Crippen LogP contribution in [0.3, 0.4) is 0 Å². The molecule has 5 heterocycles. The number of aryl methyl sites for hydroxylation is 2. The van der Waals surface area contributed by atoms with Crippen molar-refractivity contribution in [1.29, 1.82) is 0 Å². The van der Waals surface area contributed by atoms with Crippen molar-refractivity contribution in [3.05, 3.63) is 59.9 Å². The number of nitrogens with zero attached hydrogens (tertiary/aromatic N) is 6. The van der Waals surface area contributed by atoms with E-state index in [9.17, 15) is 9.18 Å². The zero-order valence-corrected chi connectivity index (χ0v) is 24.5. The van der Waals surface area contributed by atoms with Gasteiger partial charge in [0, 0.05) is 54.7 Å². The molecule has 1 aliphatic heterocycles. The number of amides is 1. The Morgan fingerprint density at radius 2 is 1.98 bits per heavy atom. The average Bonchev–Trinajstić information content (AvgIpc) is 3.65. The molecule has 0 spiro atoms. The fourth-order valence-electron chi connectivity index (χ4n) is 6.14. The third-order valence-corrected chi connectivity index (χ3v) is 8.40. The molecule has 5 aromatic rings. The van der Waals surface area contributed by atoms with Gasteiger partial charge in [-0.3, -0.25) is 9.78 Å². The van der Waals surface area contributed by atoms with E-state index in [0.29, 0.717) is 29.3 Å². The number of hydrogen-bond acceptors (Lipinski definition) is 7. The van der Waals surface area contributed by atoms with Crippen LogP contribution in [0.1, 0.15) is 35.3 Å². The highest BCUT2D eigenvalue weighted by atomic mass is 19.1. The first kappa shape index (κ1) is 27.3. The second kappa shape index (κ2) is 10.6. The van der Waals surface area contributed by atoms with Crippen LogP contribution in [0.25, 0.3) is 33.6 Å². The summed E-state index contributed by atoms with van der Waals surface area (Å²) in [5, 5.41) is 4.43. The number of fused-ring (bicyclic) bond motifs is 2. The Balaban J connectivity index is 1.31. The highest BCUT2D eigenvalue weighted by Gasteiger charge is 2.30. The smallest absolute Gasteiger partial charge is 0.254 e. The van der Waals surface area contributed by atoms with Crippen LogP contribution in [0.4, 0.5) is 15.9 Å². The van der Waals surface area contributed by atoms with Crippen LogP contribution in [-0.4, -0.2) is 67.3 Å². The van der Waals surface area contributed by atoms with Gasteiger partial charge in [-0.1, -0.05) is 0 Å². The lowest BCUT2D eigenvalue weighted by Crippen LogP contribution is -2.50. The van der Waals surface area contributed by atoms with E-state index in [2.05, 4.69) is 27.0 Å². The van der Waals surface area contributed by atoms with Crippen LogP contribution in [0.15, 0.2) is 48.7 Å². The molecule has 1 amide bonds. The Morgan fingerprint density at radius 1 is 1.14 bits per heavy atom. The summed E-state index contributed by atoms with van der Waals surface area (Å²) in [6.45, 7) is 3.15. The second-order valence-electron chi connectivity index (χ2n) is 11.8. The zero-order chi connectivity index (χ0) is 29.8. The lowest BCUT2D eigenvalue weighted by Gasteiger charge is -2.33. The van der Waals surface area contributed by atoms with Crippen LogP contribution in [0.5, 0.6) is 5.75 Å². The number of alkyl halides is 1. The summed E-state index contributed by atoms with van der Waals surface area (Å²) in [4.78, 5) is 29.3. The Kier molecular flexibility index (Phi) is 6.76. The molecule has 1 saturated carbocycles. The number of carbonyl (C=O) groups excluding carboxylic acids is 1. The van der Waals surface area contributed by atoms with E-state index in [1.807, 2.05) is 36.7 Å². The largest absolute Gasteiger partial charge is 0.494 e. The Hall–Kier alpha value is -4.51. The summed E-state index contributed by atoms with van der Waals surface area (Å²) in [7, 11) is 3.54. The highest BCUT2D eigenvalue weighted by molar-refractivity contribution is 6.00. The number of carbonyl (C=O) groups is 1. The molecule has 2 aliphatic rings. The van der Waals surface area contributed by atoms with Gasteiger partial charge < -0.3 is 29.8 Å². The first-order valence-electron chi connectivity index (χ1n) is 14.7. The summed E-state index contributed by atoms with van der Waals surface area (Å²) in [6, 6.07) is 13.2. The molecule has 3 N–H and O–H groups in total. The van der Waals surface area contributed by atoms with Gasteiger partial charge in [0.2, 0.25) is 0 Å². The van der Waals surface area contributed by atoms with Crippen molar-refractivity contribution >= 4 is 39.5 Å². The fraction of sp³-hybridized carbons (Fsp3) is 0.375. The molecule has 2 fully saturated rings. The maximum absolute atomic E-state index is 14.2. The van der Waals surface area contributed by atoms with Crippen molar-refractivity contribution in [3.8, 4) is 17.3 Å². The van der Waals surface area contributed by atoms with E-state index < -0.39 is 6.17 Å². The summed E-state index contributed by atoms with van der Waals surface area (Å²) >= 11 is 0. The molecular weight excluding hydrogens is 547 g/mol. The number of pyridine rings is 2. The molecule has 7 rings (SSSR count). The van der Waals surface area contributed by atoms with Crippen LogP contribution in [0, 0.1) is 12.8 Å². The predicted molar refractivity (Wildman–Crippen MR) is 164 cm³/mol. The van der Waals surface area contributed by atoms with E-state index in [1.165, 1.54) is 17.7 Å². The molecule has 1 aromatic carbocycles. The van der Waals surface area contributed by atoms with Gasteiger partial charge in [-0.2, -0.15) is 0 Å². The minimum absolute atomic E-state index is 0.0340. The lowest BCUT2D eigenvalue weighted by molar-refractivity contribution is 0.0606. The number of rotatable bonds is 7. The number of ether oxygens (including phenoxy) is 1. The van der Waals surface area contributed by atoms with E-state index in [0.717, 1.165) is 51.8 Å². The number of imidazole rings is 1. The van der Waals surface area contributed by atoms with Gasteiger partial charge in [0.05, 0.1) is 24.9 Å². The molecular formula is C32H35FN8O2. The van der Waals surface area contributed by atoms with Gasteiger partial charge in [0.15, 0.2) is 5.82 Å².